The van der Waals surface area contributed by atoms with Crippen molar-refractivity contribution in [2.24, 2.45) is 0 Å². The van der Waals surface area contributed by atoms with E-state index >= 15 is 0 Å². The van der Waals surface area contributed by atoms with E-state index in [1.165, 1.54) is 6.20 Å². The highest BCUT2D eigenvalue weighted by Crippen LogP contribution is 1.99. The Labute approximate surface area is 84.8 Å². The smallest absolute Gasteiger partial charge is 0.350 e. The van der Waals surface area contributed by atoms with E-state index in [2.05, 4.69) is 0 Å². The molecule has 0 saturated heterocycles. The minimum absolute atomic E-state index is 0.0334. The molecule has 0 aliphatic carbocycles. The first-order chi connectivity index (χ1) is 6.61. The van der Waals surface area contributed by atoms with Gasteiger partial charge in [0.1, 0.15) is 6.07 Å². The lowest BCUT2D eigenvalue weighted by molar-refractivity contribution is -0.138. The molecule has 0 aliphatic heterocycles. The summed E-state index contributed by atoms with van der Waals surface area (Å²) in [4.78, 5) is 12.9. The van der Waals surface area contributed by atoms with E-state index in [-0.39, 0.29) is 5.57 Å². The summed E-state index contributed by atoms with van der Waals surface area (Å²) in [6.07, 6.45) is 3.24. The van der Waals surface area contributed by atoms with Crippen LogP contribution in [0, 0.1) is 11.3 Å². The molecule has 0 aliphatic rings. The predicted octanol–water partition coefficient (Wildman–Crippen LogP) is 1.30. The lowest BCUT2D eigenvalue weighted by Crippen LogP contribution is -2.12. The first-order valence-electron chi connectivity index (χ1n) is 4.57. The zero-order chi connectivity index (χ0) is 11.0. The number of ether oxygens (including phenoxy) is 1. The predicted molar refractivity (Wildman–Crippen MR) is 53.3 cm³/mol. The Morgan fingerprint density at radius 2 is 2.21 bits per heavy atom. The third-order valence-corrected chi connectivity index (χ3v) is 1.46. The van der Waals surface area contributed by atoms with Gasteiger partial charge < -0.3 is 9.64 Å². The van der Waals surface area contributed by atoms with Gasteiger partial charge in [-0.2, -0.15) is 5.26 Å². The van der Waals surface area contributed by atoms with Gasteiger partial charge in [-0.3, -0.25) is 0 Å². The van der Waals surface area contributed by atoms with Gasteiger partial charge in [-0.15, -0.1) is 0 Å². The molecular weight excluding hydrogens is 180 g/mol. The molecule has 78 valence electrons. The average molecular weight is 196 g/mol. The number of carbonyl (C=O) groups is 1. The van der Waals surface area contributed by atoms with Crippen LogP contribution in [0.15, 0.2) is 11.8 Å². The van der Waals surface area contributed by atoms with Gasteiger partial charge in [-0.25, -0.2) is 4.79 Å². The maximum absolute atomic E-state index is 11.2. The summed E-state index contributed by atoms with van der Waals surface area (Å²) >= 11 is 0. The number of unbranched alkanes of at least 4 members (excludes halogenated alkanes) is 1. The summed E-state index contributed by atoms with van der Waals surface area (Å²) in [6, 6.07) is 1.80. The molecule has 0 saturated carbocycles. The van der Waals surface area contributed by atoms with Gasteiger partial charge >= 0.3 is 5.97 Å². The largest absolute Gasteiger partial charge is 0.462 e. The number of rotatable bonds is 5. The standard InChI is InChI=1S/C10H16N2O2/c1-4-5-6-14-10(13)9(7-11)8-12(2)3/h8H,4-6H2,1-3H3. The van der Waals surface area contributed by atoms with Crippen LogP contribution in [0.4, 0.5) is 0 Å². The minimum atomic E-state index is -0.547. The van der Waals surface area contributed by atoms with Crippen LogP contribution < -0.4 is 0 Å². The fraction of sp³-hybridized carbons (Fsp3) is 0.600. The third-order valence-electron chi connectivity index (χ3n) is 1.46. The maximum atomic E-state index is 11.2. The quantitative estimate of drug-likeness (QED) is 0.288. The fourth-order valence-electron chi connectivity index (χ4n) is 0.772. The van der Waals surface area contributed by atoms with Crippen LogP contribution in [0.1, 0.15) is 19.8 Å². The molecular formula is C10H16N2O2. The molecule has 0 radical (unpaired) electrons. The van der Waals surface area contributed by atoms with Crippen LogP contribution in [-0.2, 0) is 9.53 Å². The Kier molecular flexibility index (Phi) is 6.21. The summed E-state index contributed by atoms with van der Waals surface area (Å²) in [5.74, 6) is -0.547. The van der Waals surface area contributed by atoms with Gasteiger partial charge in [-0.1, -0.05) is 13.3 Å². The van der Waals surface area contributed by atoms with Crippen molar-refractivity contribution < 1.29 is 9.53 Å². The maximum Gasteiger partial charge on any atom is 0.350 e. The molecule has 14 heavy (non-hydrogen) atoms. The Hall–Kier alpha value is -1.50. The summed E-state index contributed by atoms with van der Waals surface area (Å²) in [5.41, 5.74) is 0.0334. The fourth-order valence-corrected chi connectivity index (χ4v) is 0.772. The molecule has 0 aromatic heterocycles. The molecule has 0 unspecified atom stereocenters. The SMILES string of the molecule is CCCCOC(=O)C(C#N)=CN(C)C. The van der Waals surface area contributed by atoms with Gasteiger partial charge in [0.2, 0.25) is 0 Å². The summed E-state index contributed by atoms with van der Waals surface area (Å²) in [6.45, 7) is 2.39. The van der Waals surface area contributed by atoms with E-state index in [1.807, 2.05) is 6.92 Å². The van der Waals surface area contributed by atoms with Crippen LogP contribution in [0.3, 0.4) is 0 Å². The van der Waals surface area contributed by atoms with Crippen molar-refractivity contribution in [3.63, 3.8) is 0 Å². The number of hydrogen-bond acceptors (Lipinski definition) is 4. The highest BCUT2D eigenvalue weighted by Gasteiger charge is 2.09. The Bertz CT molecular complexity index is 251. The van der Waals surface area contributed by atoms with Crippen LogP contribution in [-0.4, -0.2) is 31.6 Å². The van der Waals surface area contributed by atoms with Crippen molar-refractivity contribution in [2.45, 2.75) is 19.8 Å². The average Bonchev–Trinajstić information content (AvgIpc) is 2.14. The summed E-state index contributed by atoms with van der Waals surface area (Å²) in [7, 11) is 3.49. The van der Waals surface area contributed by atoms with E-state index < -0.39 is 5.97 Å². The van der Waals surface area contributed by atoms with Crippen LogP contribution >= 0.6 is 0 Å². The minimum Gasteiger partial charge on any atom is -0.462 e. The van der Waals surface area contributed by atoms with Gasteiger partial charge in [0.05, 0.1) is 6.61 Å². The van der Waals surface area contributed by atoms with Crippen molar-refractivity contribution in [2.75, 3.05) is 20.7 Å². The monoisotopic (exact) mass is 196 g/mol. The molecule has 0 amide bonds. The summed E-state index contributed by atoms with van der Waals surface area (Å²) in [5, 5.41) is 8.66. The van der Waals surface area contributed by atoms with Gasteiger partial charge in [-0.05, 0) is 6.42 Å². The molecule has 0 spiro atoms. The highest BCUT2D eigenvalue weighted by molar-refractivity contribution is 5.92. The second kappa shape index (κ2) is 6.96. The van der Waals surface area contributed by atoms with E-state index in [9.17, 15) is 4.79 Å². The number of carbonyl (C=O) groups excluding carboxylic acids is 1. The number of nitrogens with zero attached hydrogens (tertiary/aromatic N) is 2. The Morgan fingerprint density at radius 3 is 2.64 bits per heavy atom. The van der Waals surface area contributed by atoms with Crippen molar-refractivity contribution in [3.05, 3.63) is 11.8 Å². The number of hydrogen-bond donors (Lipinski definition) is 0. The Morgan fingerprint density at radius 1 is 1.57 bits per heavy atom. The summed E-state index contributed by atoms with van der Waals surface area (Å²) < 4.78 is 4.88. The van der Waals surface area contributed by atoms with E-state index in [4.69, 9.17) is 10.00 Å². The topological polar surface area (TPSA) is 53.3 Å². The highest BCUT2D eigenvalue weighted by atomic mass is 16.5. The first kappa shape index (κ1) is 12.5. The number of nitriles is 1. The molecule has 4 nitrogen and oxygen atoms in total. The lowest BCUT2D eigenvalue weighted by atomic mass is 10.3. The molecule has 0 atom stereocenters. The van der Waals surface area contributed by atoms with E-state index in [0.29, 0.717) is 6.61 Å². The van der Waals surface area contributed by atoms with E-state index in [0.717, 1.165) is 12.8 Å². The molecule has 0 heterocycles. The molecule has 0 fully saturated rings. The second-order valence-electron chi connectivity index (χ2n) is 3.11. The van der Waals surface area contributed by atoms with Crippen LogP contribution in [0.5, 0.6) is 0 Å². The lowest BCUT2D eigenvalue weighted by Gasteiger charge is -2.06. The molecule has 0 bridgehead atoms. The zero-order valence-corrected chi connectivity index (χ0v) is 8.91. The van der Waals surface area contributed by atoms with Gasteiger partial charge in [0.15, 0.2) is 5.57 Å². The third kappa shape index (κ3) is 5.20. The number of esters is 1. The first-order valence-corrected chi connectivity index (χ1v) is 4.57. The van der Waals surface area contributed by atoms with Crippen LogP contribution in [0.25, 0.3) is 0 Å². The van der Waals surface area contributed by atoms with Gasteiger partial charge in [0, 0.05) is 20.3 Å². The Balaban J connectivity index is 4.14. The van der Waals surface area contributed by atoms with Gasteiger partial charge in [0.25, 0.3) is 0 Å². The van der Waals surface area contributed by atoms with Crippen molar-refractivity contribution in [1.29, 1.82) is 5.26 Å². The molecule has 0 rings (SSSR count). The van der Waals surface area contributed by atoms with Crippen molar-refractivity contribution in [3.8, 4) is 6.07 Å². The van der Waals surface area contributed by atoms with Crippen molar-refractivity contribution in [1.82, 2.24) is 4.90 Å². The molecule has 0 N–H and O–H groups in total. The normalized spacial score (nSPS) is 10.6. The van der Waals surface area contributed by atoms with Crippen molar-refractivity contribution >= 4 is 5.97 Å². The molecule has 0 aromatic carbocycles. The molecule has 4 heteroatoms. The zero-order valence-electron chi connectivity index (χ0n) is 8.91. The molecule has 0 aromatic rings. The van der Waals surface area contributed by atoms with E-state index in [1.54, 1.807) is 25.1 Å². The van der Waals surface area contributed by atoms with Crippen LogP contribution in [0.2, 0.25) is 0 Å². The second-order valence-corrected chi connectivity index (χ2v) is 3.11.